The van der Waals surface area contributed by atoms with Crippen molar-refractivity contribution in [1.82, 2.24) is 0 Å². The van der Waals surface area contributed by atoms with Crippen LogP contribution in [0.2, 0.25) is 0 Å². The molecule has 1 radical (unpaired) electrons. The van der Waals surface area contributed by atoms with Gasteiger partial charge in [-0.1, -0.05) is 53.7 Å². The Hall–Kier alpha value is 0.330. The molecule has 0 amide bonds. The standard InChI is InChI=1S/C15H29O2S2/c1-6-7-9-17-10-8-13(16)14(18)12(2)11-19-15(3,4)5/h12,14H,6-11H2,1-5H3. The Bertz CT molecular complexity index is 249. The number of hydrogen-bond acceptors (Lipinski definition) is 3. The van der Waals surface area contributed by atoms with Crippen LogP contribution in [0.1, 0.15) is 53.9 Å². The molecular weight excluding hydrogens is 276 g/mol. The van der Waals surface area contributed by atoms with Gasteiger partial charge in [0.15, 0.2) is 0 Å². The van der Waals surface area contributed by atoms with Gasteiger partial charge in [0.2, 0.25) is 0 Å². The molecule has 0 heterocycles. The zero-order chi connectivity index (χ0) is 14.9. The molecule has 0 rings (SSSR count). The van der Waals surface area contributed by atoms with Gasteiger partial charge in [-0.25, -0.2) is 0 Å². The van der Waals surface area contributed by atoms with Crippen LogP contribution >= 0.6 is 24.4 Å². The smallest absolute Gasteiger partial charge is 0.149 e. The van der Waals surface area contributed by atoms with Crippen molar-refractivity contribution in [3.63, 3.8) is 0 Å². The number of Topliss-reactive ketones (excluding diaryl/α,β-unsaturated/α-hetero) is 1. The molecule has 0 aromatic carbocycles. The van der Waals surface area contributed by atoms with Crippen molar-refractivity contribution >= 4 is 30.2 Å². The Kier molecular flexibility index (Phi) is 10.3. The van der Waals surface area contributed by atoms with E-state index in [4.69, 9.17) is 17.4 Å². The topological polar surface area (TPSA) is 26.3 Å². The Morgan fingerprint density at radius 1 is 1.32 bits per heavy atom. The first kappa shape index (κ1) is 19.3. The zero-order valence-corrected chi connectivity index (χ0v) is 14.7. The molecule has 2 atom stereocenters. The summed E-state index contributed by atoms with van der Waals surface area (Å²) in [5.74, 6) is 1.36. The van der Waals surface area contributed by atoms with E-state index < -0.39 is 0 Å². The molecule has 0 spiro atoms. The number of ketones is 1. The van der Waals surface area contributed by atoms with Crippen LogP contribution in [0, 0.1) is 5.92 Å². The van der Waals surface area contributed by atoms with Crippen molar-refractivity contribution < 1.29 is 9.53 Å². The molecule has 0 aromatic rings. The summed E-state index contributed by atoms with van der Waals surface area (Å²) in [6.07, 6.45) is 2.64. The third-order valence-corrected chi connectivity index (χ3v) is 5.03. The lowest BCUT2D eigenvalue weighted by Crippen LogP contribution is -2.26. The molecule has 2 nitrogen and oxygen atoms in total. The van der Waals surface area contributed by atoms with Crippen LogP contribution in [0.25, 0.3) is 0 Å². The molecular formula is C15H29O2S2. The monoisotopic (exact) mass is 305 g/mol. The summed E-state index contributed by atoms with van der Waals surface area (Å²) in [7, 11) is 0. The van der Waals surface area contributed by atoms with Crippen molar-refractivity contribution in [2.75, 3.05) is 19.0 Å². The van der Waals surface area contributed by atoms with Crippen molar-refractivity contribution in [3.05, 3.63) is 0 Å². The highest BCUT2D eigenvalue weighted by Crippen LogP contribution is 2.28. The summed E-state index contributed by atoms with van der Waals surface area (Å²) in [5, 5.41) is -0.273. The van der Waals surface area contributed by atoms with Gasteiger partial charge in [0, 0.05) is 17.8 Å². The Morgan fingerprint density at radius 2 is 1.95 bits per heavy atom. The van der Waals surface area contributed by atoms with Crippen LogP contribution in [0.4, 0.5) is 0 Å². The van der Waals surface area contributed by atoms with Crippen LogP contribution in [0.15, 0.2) is 0 Å². The third-order valence-electron chi connectivity index (χ3n) is 2.75. The van der Waals surface area contributed by atoms with Gasteiger partial charge in [0.1, 0.15) is 5.78 Å². The molecule has 0 aliphatic carbocycles. The van der Waals surface area contributed by atoms with Crippen LogP contribution in [-0.4, -0.2) is 34.7 Å². The van der Waals surface area contributed by atoms with Crippen molar-refractivity contribution in [3.8, 4) is 0 Å². The largest absolute Gasteiger partial charge is 0.381 e. The van der Waals surface area contributed by atoms with Crippen molar-refractivity contribution in [2.24, 2.45) is 5.92 Å². The molecule has 0 bridgehead atoms. The van der Waals surface area contributed by atoms with E-state index in [2.05, 4.69) is 34.6 Å². The van der Waals surface area contributed by atoms with Crippen molar-refractivity contribution in [1.29, 1.82) is 0 Å². The Balaban J connectivity index is 3.84. The minimum atomic E-state index is -0.273. The predicted octanol–water partition coefficient (Wildman–Crippen LogP) is 4.50. The first-order valence-electron chi connectivity index (χ1n) is 7.18. The quantitative estimate of drug-likeness (QED) is 0.556. The minimum Gasteiger partial charge on any atom is -0.381 e. The van der Waals surface area contributed by atoms with Crippen LogP contribution in [-0.2, 0) is 9.53 Å². The highest BCUT2D eigenvalue weighted by molar-refractivity contribution is 8.00. The first-order chi connectivity index (χ1) is 8.78. The van der Waals surface area contributed by atoms with Crippen LogP contribution in [0.3, 0.4) is 0 Å². The summed E-state index contributed by atoms with van der Waals surface area (Å²) in [5.41, 5.74) is 0. The van der Waals surface area contributed by atoms with Gasteiger partial charge in [-0.3, -0.25) is 4.79 Å². The molecule has 0 saturated heterocycles. The van der Waals surface area contributed by atoms with Gasteiger partial charge in [-0.15, -0.1) is 0 Å². The fourth-order valence-electron chi connectivity index (χ4n) is 1.45. The lowest BCUT2D eigenvalue weighted by molar-refractivity contribution is -0.120. The average molecular weight is 306 g/mol. The number of hydrogen-bond donors (Lipinski definition) is 0. The Labute approximate surface area is 128 Å². The van der Waals surface area contributed by atoms with Gasteiger partial charge >= 0.3 is 0 Å². The van der Waals surface area contributed by atoms with Gasteiger partial charge in [0.05, 0.1) is 11.9 Å². The van der Waals surface area contributed by atoms with E-state index in [9.17, 15) is 4.79 Å². The Morgan fingerprint density at radius 3 is 2.47 bits per heavy atom. The predicted molar refractivity (Wildman–Crippen MR) is 88.1 cm³/mol. The number of rotatable bonds is 10. The molecule has 0 aliphatic rings. The normalized spacial score (nSPS) is 15.3. The molecule has 2 unspecified atom stereocenters. The highest BCUT2D eigenvalue weighted by Gasteiger charge is 2.23. The number of thioether (sulfide) groups is 1. The third kappa shape index (κ3) is 10.7. The molecule has 0 N–H and O–H groups in total. The van der Waals surface area contributed by atoms with Crippen LogP contribution < -0.4 is 0 Å². The van der Waals surface area contributed by atoms with Crippen molar-refractivity contribution in [2.45, 2.75) is 63.9 Å². The van der Waals surface area contributed by atoms with E-state index in [1.165, 1.54) is 0 Å². The van der Waals surface area contributed by atoms with E-state index >= 15 is 0 Å². The molecule has 0 saturated carbocycles. The van der Waals surface area contributed by atoms with Crippen LogP contribution in [0.5, 0.6) is 0 Å². The van der Waals surface area contributed by atoms with E-state index in [1.54, 1.807) is 0 Å². The van der Waals surface area contributed by atoms with Gasteiger partial charge < -0.3 is 4.74 Å². The number of unbranched alkanes of at least 4 members (excludes halogenated alkanes) is 1. The second-order valence-corrected chi connectivity index (χ2v) is 8.36. The van der Waals surface area contributed by atoms with E-state index in [0.717, 1.165) is 25.2 Å². The molecule has 0 fully saturated rings. The fourth-order valence-corrected chi connectivity index (χ4v) is 2.74. The molecule has 0 aromatic heterocycles. The van der Waals surface area contributed by atoms with E-state index in [0.29, 0.717) is 13.0 Å². The maximum atomic E-state index is 11.9. The molecule has 113 valence electrons. The number of ether oxygens (including phenoxy) is 1. The van der Waals surface area contributed by atoms with E-state index in [1.807, 2.05) is 11.8 Å². The second kappa shape index (κ2) is 10.1. The summed E-state index contributed by atoms with van der Waals surface area (Å²) in [6.45, 7) is 12.0. The summed E-state index contributed by atoms with van der Waals surface area (Å²) >= 11 is 7.23. The number of carbonyl (C=O) groups is 1. The zero-order valence-electron chi connectivity index (χ0n) is 13.0. The van der Waals surface area contributed by atoms with Gasteiger partial charge in [-0.05, 0) is 18.1 Å². The maximum Gasteiger partial charge on any atom is 0.149 e. The van der Waals surface area contributed by atoms with Gasteiger partial charge in [0.25, 0.3) is 0 Å². The number of carbonyl (C=O) groups excluding carboxylic acids is 1. The second-order valence-electron chi connectivity index (χ2n) is 6.00. The lowest BCUT2D eigenvalue weighted by Gasteiger charge is -2.23. The summed E-state index contributed by atoms with van der Waals surface area (Å²) in [6, 6.07) is 0. The SMILES string of the molecule is CCCCOCCC(=O)C([S])C(C)CSC(C)(C)C. The lowest BCUT2D eigenvalue weighted by atomic mass is 10.0. The summed E-state index contributed by atoms with van der Waals surface area (Å²) in [4.78, 5) is 11.9. The maximum absolute atomic E-state index is 11.9. The fraction of sp³-hybridized carbons (Fsp3) is 0.933. The summed E-state index contributed by atoms with van der Waals surface area (Å²) < 4.78 is 5.65. The molecule has 19 heavy (non-hydrogen) atoms. The molecule has 0 aliphatic heterocycles. The average Bonchev–Trinajstić information content (AvgIpc) is 2.33. The molecule has 4 heteroatoms. The minimum absolute atomic E-state index is 0.161. The van der Waals surface area contributed by atoms with Gasteiger partial charge in [-0.2, -0.15) is 11.8 Å². The highest BCUT2D eigenvalue weighted by atomic mass is 32.2. The first-order valence-corrected chi connectivity index (χ1v) is 8.64. The van der Waals surface area contributed by atoms with E-state index in [-0.39, 0.29) is 21.7 Å².